The van der Waals surface area contributed by atoms with E-state index < -0.39 is 96.4 Å². The van der Waals surface area contributed by atoms with Crippen molar-refractivity contribution in [3.8, 4) is 0 Å². The molecule has 0 fully saturated rings. The molecule has 16 N–H and O–H groups in total. The van der Waals surface area contributed by atoms with E-state index in [4.69, 9.17) is 17.2 Å². The summed E-state index contributed by atoms with van der Waals surface area (Å²) < 4.78 is 0. The van der Waals surface area contributed by atoms with E-state index >= 15 is 0 Å². The first kappa shape index (κ1) is 48.7. The van der Waals surface area contributed by atoms with Gasteiger partial charge in [-0.3, -0.25) is 33.8 Å². The number of aliphatic hydroxyl groups is 2. The molecule has 316 valence electrons. The molecule has 0 radical (unpaired) electrons. The van der Waals surface area contributed by atoms with Gasteiger partial charge in [-0.2, -0.15) is 0 Å². The first-order valence-corrected chi connectivity index (χ1v) is 18.3. The van der Waals surface area contributed by atoms with E-state index in [9.17, 15) is 48.9 Å². The number of nitrogens with zero attached hydrogens (tertiary/aromatic N) is 2. The number of carboxylic acids is 1. The lowest BCUT2D eigenvalue weighted by molar-refractivity contribution is -0.142. The number of nitrogens with two attached hydrogens (primary N) is 3. The van der Waals surface area contributed by atoms with Crippen molar-refractivity contribution >= 4 is 47.4 Å². The van der Waals surface area contributed by atoms with Crippen LogP contribution in [0.25, 0.3) is 0 Å². The number of aliphatic carboxylic acids is 1. The molecule has 1 heterocycles. The van der Waals surface area contributed by atoms with Gasteiger partial charge >= 0.3 is 5.97 Å². The van der Waals surface area contributed by atoms with Crippen LogP contribution in [0.1, 0.15) is 72.9 Å². The van der Waals surface area contributed by atoms with Crippen molar-refractivity contribution < 1.29 is 48.9 Å². The van der Waals surface area contributed by atoms with Crippen molar-refractivity contribution in [2.24, 2.45) is 34.0 Å². The van der Waals surface area contributed by atoms with E-state index in [-0.39, 0.29) is 56.4 Å². The van der Waals surface area contributed by atoms with Crippen LogP contribution in [0.5, 0.6) is 0 Å². The third-order valence-corrected chi connectivity index (χ3v) is 8.24. The number of aliphatic imine (C=N–C) groups is 1. The first-order valence-electron chi connectivity index (χ1n) is 18.3. The fourth-order valence-corrected chi connectivity index (χ4v) is 5.17. The largest absolute Gasteiger partial charge is 0.480 e. The van der Waals surface area contributed by atoms with Crippen molar-refractivity contribution in [2.45, 2.75) is 122 Å². The maximum atomic E-state index is 13.8. The van der Waals surface area contributed by atoms with E-state index in [2.05, 4.69) is 46.9 Å². The molecule has 0 aliphatic carbocycles. The molecule has 0 spiro atoms. The first-order chi connectivity index (χ1) is 26.2. The lowest BCUT2D eigenvalue weighted by atomic mass is 10.0. The minimum atomic E-state index is -1.61. The maximum absolute atomic E-state index is 13.8. The van der Waals surface area contributed by atoms with E-state index in [1.807, 2.05) is 0 Å². The maximum Gasteiger partial charge on any atom is 0.326 e. The molecule has 0 aromatic carbocycles. The smallest absolute Gasteiger partial charge is 0.326 e. The van der Waals surface area contributed by atoms with E-state index in [1.54, 1.807) is 27.7 Å². The van der Waals surface area contributed by atoms with Gasteiger partial charge in [-0.1, -0.05) is 27.7 Å². The van der Waals surface area contributed by atoms with Crippen LogP contribution in [0, 0.1) is 11.8 Å². The Morgan fingerprint density at radius 3 is 1.75 bits per heavy atom. The number of aromatic amines is 1. The third-order valence-electron chi connectivity index (χ3n) is 8.24. The Labute approximate surface area is 325 Å². The second-order valence-corrected chi connectivity index (χ2v) is 14.3. The highest BCUT2D eigenvalue weighted by atomic mass is 16.4. The second-order valence-electron chi connectivity index (χ2n) is 14.3. The molecule has 8 atom stereocenters. The molecule has 0 aliphatic heterocycles. The number of amides is 6. The molecule has 6 amide bonds. The molecular formula is C34H60N12O10. The highest BCUT2D eigenvalue weighted by Crippen LogP contribution is 2.09. The number of hydrogen-bond acceptors (Lipinski definition) is 12. The summed E-state index contributed by atoms with van der Waals surface area (Å²) in [4.78, 5) is 102. The van der Waals surface area contributed by atoms with Crippen molar-refractivity contribution in [1.82, 2.24) is 41.9 Å². The zero-order valence-electron chi connectivity index (χ0n) is 32.7. The topological polar surface area (TPSA) is 371 Å². The number of carboxylic acid groups (broad SMARTS) is 1. The molecule has 1 aromatic heterocycles. The monoisotopic (exact) mass is 796 g/mol. The molecule has 0 saturated carbocycles. The van der Waals surface area contributed by atoms with E-state index in [0.29, 0.717) is 5.69 Å². The summed E-state index contributed by atoms with van der Waals surface area (Å²) in [5.41, 5.74) is 16.9. The second kappa shape index (κ2) is 24.2. The number of aliphatic hydroxyl groups excluding tert-OH is 2. The zero-order chi connectivity index (χ0) is 42.7. The molecule has 56 heavy (non-hydrogen) atoms. The molecule has 22 nitrogen and oxygen atoms in total. The number of hydrogen-bond donors (Lipinski definition) is 13. The fraction of sp³-hybridized carbons (Fsp3) is 0.676. The lowest BCUT2D eigenvalue weighted by Crippen LogP contribution is -2.61. The van der Waals surface area contributed by atoms with Gasteiger partial charge in [0.15, 0.2) is 5.96 Å². The van der Waals surface area contributed by atoms with Gasteiger partial charge in [0.05, 0.1) is 19.0 Å². The summed E-state index contributed by atoms with van der Waals surface area (Å²) in [6.45, 7) is 8.93. The Hall–Kier alpha value is -5.35. The number of guanidine groups is 1. The van der Waals surface area contributed by atoms with Crippen LogP contribution in [0.15, 0.2) is 17.5 Å². The number of nitrogens with one attached hydrogen (secondary N) is 7. The van der Waals surface area contributed by atoms with Gasteiger partial charge in [0.2, 0.25) is 35.4 Å². The Bertz CT molecular complexity index is 1480. The van der Waals surface area contributed by atoms with Crippen LogP contribution in [-0.2, 0) is 40.0 Å². The van der Waals surface area contributed by atoms with Gasteiger partial charge in [-0.25, -0.2) is 9.78 Å². The number of H-pyrrole nitrogens is 1. The van der Waals surface area contributed by atoms with E-state index in [1.165, 1.54) is 26.4 Å². The van der Waals surface area contributed by atoms with E-state index in [0.717, 1.165) is 0 Å². The number of imidazole rings is 1. The third kappa shape index (κ3) is 17.9. The van der Waals surface area contributed by atoms with Crippen molar-refractivity contribution in [3.05, 3.63) is 18.2 Å². The number of carbonyl (C=O) groups is 7. The predicted octanol–water partition coefficient (Wildman–Crippen LogP) is -4.19. The summed E-state index contributed by atoms with van der Waals surface area (Å²) in [6, 6.07) is -9.33. The van der Waals surface area contributed by atoms with Gasteiger partial charge in [-0.05, 0) is 51.4 Å². The average Bonchev–Trinajstić information content (AvgIpc) is 3.62. The fourth-order valence-electron chi connectivity index (χ4n) is 5.17. The summed E-state index contributed by atoms with van der Waals surface area (Å²) in [7, 11) is 0. The van der Waals surface area contributed by atoms with Crippen LogP contribution in [-0.4, -0.2) is 134 Å². The standard InChI is InChI=1S/C34H60N12O10/c1-16(2)10-22(44-32(54)26(35)19(6)48)29(51)46-25(14-47)31(53)43-23(12-20-13-38-15-40-20)30(52)42-21(8-7-9-39-34(36)37)28(50)41-18(5)27(49)45-24(33(55)56)11-17(3)4/h13,15-19,21-26,47-48H,7-12,14,35H2,1-6H3,(H,38,40)(H,41,50)(H,42,52)(H,43,53)(H,44,54)(H,45,49)(H,46,51)(H,55,56)(H4,36,37,39)/t18-,19+,21-,22-,23-,24-,25-,26-/m0/s1. The van der Waals surface area contributed by atoms with Crippen LogP contribution in [0.2, 0.25) is 0 Å². The van der Waals surface area contributed by atoms with Crippen molar-refractivity contribution in [2.75, 3.05) is 13.2 Å². The minimum absolute atomic E-state index is 0.0461. The molecule has 0 saturated heterocycles. The summed E-state index contributed by atoms with van der Waals surface area (Å²) in [5.74, 6) is -6.76. The highest BCUT2D eigenvalue weighted by Gasteiger charge is 2.33. The SMILES string of the molecule is CC(C)C[C@H](NC(=O)[C@H](C)NC(=O)[C@H](CCCN=C(N)N)NC(=O)[C@H](Cc1cnc[nH]1)NC(=O)[C@H](CO)NC(=O)[C@H](CC(C)C)NC(=O)[C@@H](N)[C@@H](C)O)C(=O)O. The summed E-state index contributed by atoms with van der Waals surface area (Å²) >= 11 is 0. The molecule has 1 aromatic rings. The summed E-state index contributed by atoms with van der Waals surface area (Å²) in [5, 5.41) is 44.1. The van der Waals surface area contributed by atoms with Crippen molar-refractivity contribution in [3.63, 3.8) is 0 Å². The number of carbonyl (C=O) groups excluding carboxylic acids is 6. The molecule has 1 rings (SSSR count). The van der Waals surface area contributed by atoms with Gasteiger partial charge in [-0.15, -0.1) is 0 Å². The van der Waals surface area contributed by atoms with Gasteiger partial charge in [0.1, 0.15) is 42.3 Å². The van der Waals surface area contributed by atoms with Gasteiger partial charge < -0.3 is 69.4 Å². The van der Waals surface area contributed by atoms with Crippen molar-refractivity contribution in [1.29, 1.82) is 0 Å². The van der Waals surface area contributed by atoms with Crippen LogP contribution in [0.4, 0.5) is 0 Å². The Morgan fingerprint density at radius 1 is 0.732 bits per heavy atom. The van der Waals surface area contributed by atoms with Gasteiger partial charge in [0.25, 0.3) is 0 Å². The lowest BCUT2D eigenvalue weighted by Gasteiger charge is -2.27. The normalized spacial score (nSPS) is 15.5. The Morgan fingerprint density at radius 2 is 1.23 bits per heavy atom. The van der Waals surface area contributed by atoms with Gasteiger partial charge in [0, 0.05) is 24.9 Å². The zero-order valence-corrected chi connectivity index (χ0v) is 32.7. The number of rotatable bonds is 25. The van der Waals surface area contributed by atoms with Crippen LogP contribution >= 0.6 is 0 Å². The molecular weight excluding hydrogens is 736 g/mol. The average molecular weight is 797 g/mol. The molecule has 0 unspecified atom stereocenters. The van der Waals surface area contributed by atoms with Crippen LogP contribution in [0.3, 0.4) is 0 Å². The molecule has 0 bridgehead atoms. The Balaban J connectivity index is 3.28. The Kier molecular flexibility index (Phi) is 21.1. The predicted molar refractivity (Wildman–Crippen MR) is 203 cm³/mol. The van der Waals surface area contributed by atoms with Crippen LogP contribution < -0.4 is 49.1 Å². The summed E-state index contributed by atoms with van der Waals surface area (Å²) in [6.07, 6.45) is 1.69. The quantitative estimate of drug-likeness (QED) is 0.0254. The number of aromatic nitrogens is 2. The minimum Gasteiger partial charge on any atom is -0.480 e. The highest BCUT2D eigenvalue weighted by molar-refractivity contribution is 5.97. The molecule has 22 heteroatoms. The molecule has 0 aliphatic rings.